The summed E-state index contributed by atoms with van der Waals surface area (Å²) in [6, 6.07) is 5.42. The molecule has 0 atom stereocenters. The minimum atomic E-state index is -0.665. The van der Waals surface area contributed by atoms with Crippen molar-refractivity contribution in [3.63, 3.8) is 0 Å². The normalized spacial score (nSPS) is 18.3. The number of benzene rings is 1. The van der Waals surface area contributed by atoms with Gasteiger partial charge < -0.3 is 14.8 Å². The summed E-state index contributed by atoms with van der Waals surface area (Å²) in [5.74, 6) is 1.03. The molecule has 0 bridgehead atoms. The smallest absolute Gasteiger partial charge is 0.267 e. The van der Waals surface area contributed by atoms with Crippen LogP contribution < -0.4 is 14.8 Å². The van der Waals surface area contributed by atoms with Gasteiger partial charge in [-0.2, -0.15) is 0 Å². The van der Waals surface area contributed by atoms with Crippen molar-refractivity contribution < 1.29 is 14.3 Å². The fourth-order valence-corrected chi connectivity index (χ4v) is 3.33. The van der Waals surface area contributed by atoms with E-state index in [0.29, 0.717) is 28.0 Å². The number of ether oxygens (including phenoxy) is 2. The van der Waals surface area contributed by atoms with Gasteiger partial charge in [0.15, 0.2) is 11.5 Å². The molecule has 1 aliphatic carbocycles. The molecule has 1 aromatic carbocycles. The second-order valence-corrected chi connectivity index (χ2v) is 6.92. The Balaban J connectivity index is 1.54. The van der Waals surface area contributed by atoms with Crippen molar-refractivity contribution in [2.24, 2.45) is 0 Å². The fraction of sp³-hybridized carbons (Fsp3) is 0.375. The van der Waals surface area contributed by atoms with Gasteiger partial charge in [0, 0.05) is 31.5 Å². The third-order valence-electron chi connectivity index (χ3n) is 3.68. The molecule has 1 aliphatic heterocycles. The molecule has 1 saturated carbocycles. The van der Waals surface area contributed by atoms with Crippen molar-refractivity contribution in [1.29, 1.82) is 0 Å². The van der Waals surface area contributed by atoms with Gasteiger partial charge in [-0.25, -0.2) is 4.98 Å². The van der Waals surface area contributed by atoms with Crippen molar-refractivity contribution in [3.8, 4) is 11.5 Å². The summed E-state index contributed by atoms with van der Waals surface area (Å²) in [6.07, 6.45) is 2.26. The predicted molar refractivity (Wildman–Crippen MR) is 83.8 cm³/mol. The van der Waals surface area contributed by atoms with Gasteiger partial charge in [-0.3, -0.25) is 4.79 Å². The second kappa shape index (κ2) is 4.71. The molecule has 4 rings (SSSR count). The number of amides is 1. The fourth-order valence-electron chi connectivity index (χ4n) is 2.56. The van der Waals surface area contributed by atoms with Crippen LogP contribution in [0, 0.1) is 0 Å². The zero-order valence-corrected chi connectivity index (χ0v) is 13.2. The van der Waals surface area contributed by atoms with Gasteiger partial charge in [-0.1, -0.05) is 0 Å². The molecular weight excluding hydrogens is 300 g/mol. The first kappa shape index (κ1) is 13.6. The number of nitrogens with one attached hydrogen (secondary N) is 1. The Hall–Kier alpha value is -2.08. The average Bonchev–Trinajstić information content (AvgIpc) is 3.08. The van der Waals surface area contributed by atoms with Crippen LogP contribution in [0.5, 0.6) is 11.5 Å². The van der Waals surface area contributed by atoms with Crippen LogP contribution in [0.25, 0.3) is 0 Å². The summed E-state index contributed by atoms with van der Waals surface area (Å²) in [4.78, 5) is 17.5. The standard InChI is InChI=1S/C16H16N2O3S/c1-16(2)20-11-6-5-10(7-12(11)21-16)18-15(19)14-13(9-3-4-9)17-8-22-14/h5-9H,3-4H2,1-2H3,(H,18,19). The first-order valence-corrected chi connectivity index (χ1v) is 8.17. The maximum absolute atomic E-state index is 12.4. The Kier molecular flexibility index (Phi) is 2.91. The van der Waals surface area contributed by atoms with Gasteiger partial charge in [0.1, 0.15) is 4.88 Å². The van der Waals surface area contributed by atoms with Gasteiger partial charge in [-0.15, -0.1) is 11.3 Å². The van der Waals surface area contributed by atoms with Crippen LogP contribution in [-0.4, -0.2) is 16.7 Å². The van der Waals surface area contributed by atoms with E-state index in [2.05, 4.69) is 10.3 Å². The van der Waals surface area contributed by atoms with Crippen LogP contribution in [0.15, 0.2) is 23.7 Å². The Labute approximate surface area is 132 Å². The zero-order valence-electron chi connectivity index (χ0n) is 12.4. The Morgan fingerprint density at radius 1 is 1.32 bits per heavy atom. The van der Waals surface area contributed by atoms with Gasteiger partial charge in [0.2, 0.25) is 5.79 Å². The maximum atomic E-state index is 12.4. The molecule has 5 nitrogen and oxygen atoms in total. The Morgan fingerprint density at radius 3 is 2.86 bits per heavy atom. The van der Waals surface area contributed by atoms with Crippen LogP contribution in [0.2, 0.25) is 0 Å². The Bertz CT molecular complexity index is 750. The maximum Gasteiger partial charge on any atom is 0.267 e. The monoisotopic (exact) mass is 316 g/mol. The summed E-state index contributed by atoms with van der Waals surface area (Å²) >= 11 is 1.39. The lowest BCUT2D eigenvalue weighted by Gasteiger charge is -2.16. The number of carbonyl (C=O) groups is 1. The van der Waals surface area contributed by atoms with E-state index in [-0.39, 0.29) is 5.91 Å². The first-order valence-electron chi connectivity index (χ1n) is 7.29. The second-order valence-electron chi connectivity index (χ2n) is 6.06. The molecule has 1 fully saturated rings. The molecule has 22 heavy (non-hydrogen) atoms. The lowest BCUT2D eigenvalue weighted by atomic mass is 10.2. The van der Waals surface area contributed by atoms with Crippen LogP contribution in [0.1, 0.15) is 48.0 Å². The van der Waals surface area contributed by atoms with Gasteiger partial charge >= 0.3 is 0 Å². The van der Waals surface area contributed by atoms with Crippen molar-refractivity contribution in [3.05, 3.63) is 34.3 Å². The minimum absolute atomic E-state index is 0.109. The van der Waals surface area contributed by atoms with E-state index < -0.39 is 5.79 Å². The number of aromatic nitrogens is 1. The van der Waals surface area contributed by atoms with Crippen LogP contribution in [0.4, 0.5) is 5.69 Å². The summed E-state index contributed by atoms with van der Waals surface area (Å²) in [5, 5.41) is 2.92. The van der Waals surface area contributed by atoms with Crippen LogP contribution in [-0.2, 0) is 0 Å². The molecular formula is C16H16N2O3S. The molecule has 0 spiro atoms. The van der Waals surface area contributed by atoms with Gasteiger partial charge in [0.05, 0.1) is 11.2 Å². The lowest BCUT2D eigenvalue weighted by Crippen LogP contribution is -2.29. The molecule has 0 radical (unpaired) electrons. The van der Waals surface area contributed by atoms with Crippen LogP contribution >= 0.6 is 11.3 Å². The van der Waals surface area contributed by atoms with E-state index in [9.17, 15) is 4.79 Å². The average molecular weight is 316 g/mol. The zero-order chi connectivity index (χ0) is 15.3. The quantitative estimate of drug-likeness (QED) is 0.936. The van der Waals surface area contributed by atoms with Gasteiger partial charge in [0.25, 0.3) is 5.91 Å². The highest BCUT2D eigenvalue weighted by atomic mass is 32.1. The lowest BCUT2D eigenvalue weighted by molar-refractivity contribution is -0.0431. The number of nitrogens with zero attached hydrogens (tertiary/aromatic N) is 1. The number of thiazole rings is 1. The molecule has 0 unspecified atom stereocenters. The SMILES string of the molecule is CC1(C)Oc2ccc(NC(=O)c3scnc3C3CC3)cc2O1. The van der Waals surface area contributed by atoms with Crippen molar-refractivity contribution >= 4 is 22.9 Å². The topological polar surface area (TPSA) is 60.5 Å². The number of hydrogen-bond acceptors (Lipinski definition) is 5. The van der Waals surface area contributed by atoms with Crippen LogP contribution in [0.3, 0.4) is 0 Å². The first-order chi connectivity index (χ1) is 10.5. The highest BCUT2D eigenvalue weighted by molar-refractivity contribution is 7.12. The van der Waals surface area contributed by atoms with Crippen molar-refractivity contribution in [2.75, 3.05) is 5.32 Å². The summed E-state index contributed by atoms with van der Waals surface area (Å²) in [7, 11) is 0. The third kappa shape index (κ3) is 2.43. The molecule has 1 N–H and O–H groups in total. The number of rotatable bonds is 3. The molecule has 1 amide bonds. The summed E-state index contributed by atoms with van der Waals surface area (Å²) in [6.45, 7) is 3.70. The number of hydrogen-bond donors (Lipinski definition) is 1. The van der Waals surface area contributed by atoms with E-state index in [1.165, 1.54) is 11.3 Å². The Morgan fingerprint density at radius 2 is 2.09 bits per heavy atom. The highest BCUT2D eigenvalue weighted by Gasteiger charge is 2.33. The largest absolute Gasteiger partial charge is 0.449 e. The van der Waals surface area contributed by atoms with E-state index in [4.69, 9.17) is 9.47 Å². The third-order valence-corrected chi connectivity index (χ3v) is 4.52. The van der Waals surface area contributed by atoms with Crippen molar-refractivity contribution in [1.82, 2.24) is 4.98 Å². The number of anilines is 1. The summed E-state index contributed by atoms with van der Waals surface area (Å²) < 4.78 is 11.3. The number of fused-ring (bicyclic) bond motifs is 1. The molecule has 114 valence electrons. The highest BCUT2D eigenvalue weighted by Crippen LogP contribution is 2.43. The van der Waals surface area contributed by atoms with Gasteiger partial charge in [-0.05, 0) is 25.0 Å². The molecule has 2 aliphatic rings. The molecule has 2 heterocycles. The molecule has 1 aromatic heterocycles. The molecule has 0 saturated heterocycles. The molecule has 6 heteroatoms. The molecule has 2 aromatic rings. The summed E-state index contributed by atoms with van der Waals surface area (Å²) in [5.41, 5.74) is 3.37. The minimum Gasteiger partial charge on any atom is -0.449 e. The van der Waals surface area contributed by atoms with E-state index in [0.717, 1.165) is 18.5 Å². The van der Waals surface area contributed by atoms with E-state index in [1.54, 1.807) is 11.6 Å². The van der Waals surface area contributed by atoms with E-state index >= 15 is 0 Å². The predicted octanol–water partition coefficient (Wildman–Crippen LogP) is 3.78. The van der Waals surface area contributed by atoms with Crippen molar-refractivity contribution in [2.45, 2.75) is 38.4 Å². The van der Waals surface area contributed by atoms with E-state index in [1.807, 2.05) is 26.0 Å². The number of carbonyl (C=O) groups excluding carboxylic acids is 1.